The Bertz CT molecular complexity index is 478. The maximum absolute atomic E-state index is 5.65. The molecule has 0 aliphatic carbocycles. The second kappa shape index (κ2) is 4.48. The van der Waals surface area contributed by atoms with Crippen molar-refractivity contribution in [2.24, 2.45) is 0 Å². The Morgan fingerprint density at radius 3 is 2.81 bits per heavy atom. The number of aryl methyl sites for hydroxylation is 1. The van der Waals surface area contributed by atoms with Crippen molar-refractivity contribution in [1.29, 1.82) is 0 Å². The Balaban J connectivity index is 1.86. The predicted molar refractivity (Wildman–Crippen MR) is 62.5 cm³/mol. The minimum atomic E-state index is 0.586. The highest BCUT2D eigenvalue weighted by Crippen LogP contribution is 2.24. The van der Waals surface area contributed by atoms with Gasteiger partial charge in [-0.05, 0) is 18.5 Å². The van der Waals surface area contributed by atoms with E-state index in [0.29, 0.717) is 24.0 Å². The summed E-state index contributed by atoms with van der Waals surface area (Å²) in [6, 6.07) is 0. The zero-order chi connectivity index (χ0) is 11.5. The molecule has 0 bridgehead atoms. The predicted octanol–water partition coefficient (Wildman–Crippen LogP) is 1.38. The number of rotatable bonds is 4. The first-order chi connectivity index (χ1) is 7.66. The van der Waals surface area contributed by atoms with Crippen molar-refractivity contribution < 1.29 is 4.52 Å². The van der Waals surface area contributed by atoms with Crippen molar-refractivity contribution in [1.82, 2.24) is 14.5 Å². The first-order valence-electron chi connectivity index (χ1n) is 4.91. The van der Waals surface area contributed by atoms with Crippen molar-refractivity contribution in [3.8, 4) is 0 Å². The van der Waals surface area contributed by atoms with Crippen LogP contribution >= 0.6 is 11.5 Å². The summed E-state index contributed by atoms with van der Waals surface area (Å²) in [6.07, 6.45) is 0.717. The first-order valence-corrected chi connectivity index (χ1v) is 5.69. The van der Waals surface area contributed by atoms with Crippen LogP contribution in [0.25, 0.3) is 0 Å². The average Bonchev–Trinajstić information content (AvgIpc) is 2.79. The third-order valence-corrected chi connectivity index (χ3v) is 3.08. The monoisotopic (exact) mass is 239 g/mol. The normalized spacial score (nSPS) is 10.6. The van der Waals surface area contributed by atoms with Crippen LogP contribution in [0, 0.1) is 13.8 Å². The van der Waals surface area contributed by atoms with Gasteiger partial charge in [-0.15, -0.1) is 0 Å². The summed E-state index contributed by atoms with van der Waals surface area (Å²) in [7, 11) is 0. The molecule has 0 radical (unpaired) electrons. The van der Waals surface area contributed by atoms with E-state index in [1.54, 1.807) is 6.92 Å². The summed E-state index contributed by atoms with van der Waals surface area (Å²) in [4.78, 5) is 4.11. The van der Waals surface area contributed by atoms with Crippen LogP contribution < -0.4 is 11.1 Å². The third kappa shape index (κ3) is 2.30. The number of anilines is 2. The van der Waals surface area contributed by atoms with E-state index in [1.807, 2.05) is 6.92 Å². The van der Waals surface area contributed by atoms with Gasteiger partial charge in [0.05, 0.1) is 0 Å². The van der Waals surface area contributed by atoms with E-state index in [0.717, 1.165) is 17.1 Å². The van der Waals surface area contributed by atoms with Gasteiger partial charge in [-0.1, -0.05) is 5.16 Å². The SMILES string of the molecule is Cc1nc(CCNc2snc(N)c2C)no1. The summed E-state index contributed by atoms with van der Waals surface area (Å²) in [5.41, 5.74) is 6.64. The van der Waals surface area contributed by atoms with Gasteiger partial charge in [-0.2, -0.15) is 9.36 Å². The molecule has 2 aromatic rings. The lowest BCUT2D eigenvalue weighted by Gasteiger charge is -2.01. The lowest BCUT2D eigenvalue weighted by Crippen LogP contribution is -2.05. The van der Waals surface area contributed by atoms with Gasteiger partial charge in [0, 0.05) is 25.5 Å². The van der Waals surface area contributed by atoms with Gasteiger partial charge in [0.25, 0.3) is 0 Å². The number of nitrogens with two attached hydrogens (primary N) is 1. The lowest BCUT2D eigenvalue weighted by atomic mass is 10.3. The molecule has 3 N–H and O–H groups in total. The first kappa shape index (κ1) is 10.9. The molecule has 2 heterocycles. The number of hydrogen-bond acceptors (Lipinski definition) is 7. The van der Waals surface area contributed by atoms with Gasteiger partial charge in [0.2, 0.25) is 5.89 Å². The molecular formula is C9H13N5OS. The summed E-state index contributed by atoms with van der Waals surface area (Å²) in [6.45, 7) is 4.46. The molecule has 0 aliphatic rings. The quantitative estimate of drug-likeness (QED) is 0.837. The summed E-state index contributed by atoms with van der Waals surface area (Å²) >= 11 is 1.37. The van der Waals surface area contributed by atoms with Gasteiger partial charge in [-0.3, -0.25) is 0 Å². The lowest BCUT2D eigenvalue weighted by molar-refractivity contribution is 0.387. The fourth-order valence-electron chi connectivity index (χ4n) is 1.24. The number of hydrogen-bond donors (Lipinski definition) is 2. The van der Waals surface area contributed by atoms with E-state index >= 15 is 0 Å². The maximum Gasteiger partial charge on any atom is 0.223 e. The highest BCUT2D eigenvalue weighted by Gasteiger charge is 2.06. The largest absolute Gasteiger partial charge is 0.383 e. The molecular weight excluding hydrogens is 226 g/mol. The molecule has 0 atom stereocenters. The number of nitrogens with zero attached hydrogens (tertiary/aromatic N) is 3. The molecule has 6 nitrogen and oxygen atoms in total. The fraction of sp³-hybridized carbons (Fsp3) is 0.444. The Morgan fingerprint density at radius 1 is 1.44 bits per heavy atom. The van der Waals surface area contributed by atoms with Gasteiger partial charge in [0.1, 0.15) is 10.8 Å². The highest BCUT2D eigenvalue weighted by molar-refractivity contribution is 7.10. The molecule has 0 aromatic carbocycles. The molecule has 16 heavy (non-hydrogen) atoms. The van der Waals surface area contributed by atoms with Crippen molar-refractivity contribution in [2.75, 3.05) is 17.6 Å². The third-order valence-electron chi connectivity index (χ3n) is 2.16. The van der Waals surface area contributed by atoms with E-state index in [4.69, 9.17) is 10.3 Å². The molecule has 2 rings (SSSR count). The van der Waals surface area contributed by atoms with E-state index in [-0.39, 0.29) is 0 Å². The molecule has 0 amide bonds. The van der Waals surface area contributed by atoms with Gasteiger partial charge >= 0.3 is 0 Å². The van der Waals surface area contributed by atoms with Gasteiger partial charge in [-0.25, -0.2) is 0 Å². The Morgan fingerprint density at radius 2 is 2.25 bits per heavy atom. The van der Waals surface area contributed by atoms with Crippen molar-refractivity contribution >= 4 is 22.4 Å². The molecule has 0 unspecified atom stereocenters. The van der Waals surface area contributed by atoms with Crippen LogP contribution in [0.4, 0.5) is 10.8 Å². The summed E-state index contributed by atoms with van der Waals surface area (Å²) in [5.74, 6) is 1.89. The van der Waals surface area contributed by atoms with Crippen molar-refractivity contribution in [2.45, 2.75) is 20.3 Å². The second-order valence-electron chi connectivity index (χ2n) is 3.43. The van der Waals surface area contributed by atoms with E-state index in [9.17, 15) is 0 Å². The molecule has 0 aliphatic heterocycles. The minimum absolute atomic E-state index is 0.586. The van der Waals surface area contributed by atoms with Crippen LogP contribution in [0.15, 0.2) is 4.52 Å². The number of nitrogens with one attached hydrogen (secondary N) is 1. The molecule has 7 heteroatoms. The molecule has 0 fully saturated rings. The van der Waals surface area contributed by atoms with Crippen LogP contribution in [0.3, 0.4) is 0 Å². The Hall–Kier alpha value is -1.63. The van der Waals surface area contributed by atoms with E-state index in [1.165, 1.54) is 11.5 Å². The standard InChI is InChI=1S/C9H13N5OS/c1-5-8(10)14-16-9(5)11-4-3-7-12-6(2)15-13-7/h11H,3-4H2,1-2H3,(H2,10,14). The summed E-state index contributed by atoms with van der Waals surface area (Å²) in [5, 5.41) is 8.06. The minimum Gasteiger partial charge on any atom is -0.383 e. The van der Waals surface area contributed by atoms with Crippen LogP contribution in [0.2, 0.25) is 0 Å². The second-order valence-corrected chi connectivity index (χ2v) is 4.20. The van der Waals surface area contributed by atoms with Crippen molar-refractivity contribution in [3.05, 3.63) is 17.3 Å². The van der Waals surface area contributed by atoms with Crippen LogP contribution in [-0.4, -0.2) is 21.1 Å². The smallest absolute Gasteiger partial charge is 0.223 e. The molecule has 2 aromatic heterocycles. The molecule has 86 valence electrons. The average molecular weight is 239 g/mol. The topological polar surface area (TPSA) is 89.9 Å². The molecule has 0 saturated carbocycles. The number of nitrogen functional groups attached to an aromatic ring is 1. The summed E-state index contributed by atoms with van der Waals surface area (Å²) < 4.78 is 8.93. The van der Waals surface area contributed by atoms with Gasteiger partial charge < -0.3 is 15.6 Å². The van der Waals surface area contributed by atoms with E-state index in [2.05, 4.69) is 19.8 Å². The fourth-order valence-corrected chi connectivity index (χ4v) is 1.98. The molecule has 0 spiro atoms. The van der Waals surface area contributed by atoms with E-state index < -0.39 is 0 Å². The highest BCUT2D eigenvalue weighted by atomic mass is 32.1. The van der Waals surface area contributed by atoms with Crippen molar-refractivity contribution in [3.63, 3.8) is 0 Å². The number of aromatic nitrogens is 3. The molecule has 0 saturated heterocycles. The van der Waals surface area contributed by atoms with Crippen LogP contribution in [0.5, 0.6) is 0 Å². The van der Waals surface area contributed by atoms with Gasteiger partial charge in [0.15, 0.2) is 5.82 Å². The van der Waals surface area contributed by atoms with Crippen LogP contribution in [-0.2, 0) is 6.42 Å². The Labute approximate surface area is 97.0 Å². The zero-order valence-corrected chi connectivity index (χ0v) is 9.97. The zero-order valence-electron chi connectivity index (χ0n) is 9.15. The maximum atomic E-state index is 5.65. The Kier molecular flexibility index (Phi) is 3.04. The van der Waals surface area contributed by atoms with Crippen LogP contribution in [0.1, 0.15) is 17.3 Å².